The van der Waals surface area contributed by atoms with Crippen LogP contribution in [-0.2, 0) is 4.79 Å². The van der Waals surface area contributed by atoms with E-state index in [2.05, 4.69) is 4.90 Å². The molecule has 0 bridgehead atoms. The summed E-state index contributed by atoms with van der Waals surface area (Å²) >= 11 is 0. The second kappa shape index (κ2) is 7.55. The van der Waals surface area contributed by atoms with E-state index in [1.807, 2.05) is 30.9 Å². The van der Waals surface area contributed by atoms with Gasteiger partial charge in [0.15, 0.2) is 0 Å². The molecule has 21 heavy (non-hydrogen) atoms. The molecule has 3 nitrogen and oxygen atoms in total. The molecule has 116 valence electrons. The van der Waals surface area contributed by atoms with E-state index in [-0.39, 0.29) is 11.7 Å². The second-order valence-corrected chi connectivity index (χ2v) is 5.67. The molecule has 0 unspecified atom stereocenters. The van der Waals surface area contributed by atoms with Crippen molar-refractivity contribution in [2.24, 2.45) is 0 Å². The summed E-state index contributed by atoms with van der Waals surface area (Å²) in [6.45, 7) is 8.00. The predicted molar refractivity (Wildman–Crippen MR) is 82.7 cm³/mol. The largest absolute Gasteiger partial charge is 0.342 e. The molecular formula is C17H25FN2O. The first-order valence-electron chi connectivity index (χ1n) is 7.89. The Morgan fingerprint density at radius 2 is 1.76 bits per heavy atom. The van der Waals surface area contributed by atoms with Gasteiger partial charge in [-0.15, -0.1) is 0 Å². The highest BCUT2D eigenvalue weighted by atomic mass is 19.1. The average Bonchev–Trinajstić information content (AvgIpc) is 2.50. The third-order valence-electron chi connectivity index (χ3n) is 4.40. The van der Waals surface area contributed by atoms with Crippen molar-refractivity contribution in [1.29, 1.82) is 0 Å². The number of carbonyl (C=O) groups is 1. The molecule has 1 aromatic carbocycles. The molecule has 4 heteroatoms. The number of likely N-dealkylation sites (tertiary alicyclic amines) is 1. The summed E-state index contributed by atoms with van der Waals surface area (Å²) < 4.78 is 13.0. The van der Waals surface area contributed by atoms with Gasteiger partial charge < -0.3 is 4.90 Å². The van der Waals surface area contributed by atoms with Crippen LogP contribution in [0.25, 0.3) is 0 Å². The van der Waals surface area contributed by atoms with Gasteiger partial charge in [0.25, 0.3) is 0 Å². The molecule has 1 aliphatic rings. The van der Waals surface area contributed by atoms with E-state index in [1.165, 1.54) is 17.7 Å². The fourth-order valence-corrected chi connectivity index (χ4v) is 3.03. The number of piperidine rings is 1. The molecule has 1 saturated heterocycles. The summed E-state index contributed by atoms with van der Waals surface area (Å²) in [4.78, 5) is 16.2. The van der Waals surface area contributed by atoms with Gasteiger partial charge in [-0.25, -0.2) is 4.39 Å². The molecule has 1 amide bonds. The van der Waals surface area contributed by atoms with Crippen LogP contribution in [-0.4, -0.2) is 48.4 Å². The monoisotopic (exact) mass is 292 g/mol. The SMILES string of the molecule is CCN(CC)C(=O)CN1CCC(c2ccc(F)cc2)CC1. The van der Waals surface area contributed by atoms with E-state index < -0.39 is 0 Å². The van der Waals surface area contributed by atoms with Crippen molar-refractivity contribution >= 4 is 5.91 Å². The van der Waals surface area contributed by atoms with Crippen LogP contribution >= 0.6 is 0 Å². The quantitative estimate of drug-likeness (QED) is 0.833. The standard InChI is InChI=1S/C17H25FN2O/c1-3-20(4-2)17(21)13-19-11-9-15(10-12-19)14-5-7-16(18)8-6-14/h5-8,15H,3-4,9-13H2,1-2H3. The second-order valence-electron chi connectivity index (χ2n) is 5.67. The Morgan fingerprint density at radius 3 is 2.29 bits per heavy atom. The average molecular weight is 292 g/mol. The van der Waals surface area contributed by atoms with Crippen molar-refractivity contribution in [3.63, 3.8) is 0 Å². The molecule has 0 spiro atoms. The maximum atomic E-state index is 13.0. The van der Waals surface area contributed by atoms with Crippen molar-refractivity contribution in [1.82, 2.24) is 9.80 Å². The Morgan fingerprint density at radius 1 is 1.19 bits per heavy atom. The lowest BCUT2D eigenvalue weighted by Gasteiger charge is -2.33. The predicted octanol–water partition coefficient (Wildman–Crippen LogP) is 2.87. The van der Waals surface area contributed by atoms with Gasteiger partial charge in [0.05, 0.1) is 6.54 Å². The summed E-state index contributed by atoms with van der Waals surface area (Å²) in [5, 5.41) is 0. The van der Waals surface area contributed by atoms with Gasteiger partial charge in [0.2, 0.25) is 5.91 Å². The molecule has 1 aliphatic heterocycles. The maximum absolute atomic E-state index is 13.0. The highest BCUT2D eigenvalue weighted by molar-refractivity contribution is 5.78. The molecule has 1 fully saturated rings. The fourth-order valence-electron chi connectivity index (χ4n) is 3.03. The van der Waals surface area contributed by atoms with Crippen LogP contribution in [0.1, 0.15) is 38.2 Å². The number of carbonyl (C=O) groups excluding carboxylic acids is 1. The molecule has 1 heterocycles. The number of hydrogen-bond acceptors (Lipinski definition) is 2. The minimum atomic E-state index is -0.180. The molecule has 0 saturated carbocycles. The van der Waals surface area contributed by atoms with E-state index >= 15 is 0 Å². The number of rotatable bonds is 5. The van der Waals surface area contributed by atoms with Crippen molar-refractivity contribution in [2.45, 2.75) is 32.6 Å². The normalized spacial score (nSPS) is 16.9. The molecule has 0 aromatic heterocycles. The van der Waals surface area contributed by atoms with Gasteiger partial charge >= 0.3 is 0 Å². The van der Waals surface area contributed by atoms with Crippen LogP contribution in [0.4, 0.5) is 4.39 Å². The van der Waals surface area contributed by atoms with Crippen molar-refractivity contribution in [3.05, 3.63) is 35.6 Å². The van der Waals surface area contributed by atoms with Crippen LogP contribution in [0.2, 0.25) is 0 Å². The summed E-state index contributed by atoms with van der Waals surface area (Å²) in [7, 11) is 0. The zero-order valence-electron chi connectivity index (χ0n) is 13.0. The maximum Gasteiger partial charge on any atom is 0.236 e. The molecule has 0 N–H and O–H groups in total. The van der Waals surface area contributed by atoms with Crippen LogP contribution in [0.5, 0.6) is 0 Å². The first kappa shape index (κ1) is 16.0. The lowest BCUT2D eigenvalue weighted by molar-refractivity contribution is -0.132. The Balaban J connectivity index is 1.83. The van der Waals surface area contributed by atoms with E-state index in [0.29, 0.717) is 12.5 Å². The fraction of sp³-hybridized carbons (Fsp3) is 0.588. The van der Waals surface area contributed by atoms with Gasteiger partial charge in [-0.3, -0.25) is 9.69 Å². The molecule has 1 aromatic rings. The van der Waals surface area contributed by atoms with Gasteiger partial charge in [0.1, 0.15) is 5.82 Å². The molecular weight excluding hydrogens is 267 g/mol. The minimum Gasteiger partial charge on any atom is -0.342 e. The van der Waals surface area contributed by atoms with E-state index in [4.69, 9.17) is 0 Å². The third-order valence-corrected chi connectivity index (χ3v) is 4.40. The first-order chi connectivity index (χ1) is 10.1. The molecule has 0 aliphatic carbocycles. The van der Waals surface area contributed by atoms with Crippen molar-refractivity contribution in [3.8, 4) is 0 Å². The molecule has 2 rings (SSSR count). The molecule has 0 radical (unpaired) electrons. The Hall–Kier alpha value is -1.42. The number of hydrogen-bond donors (Lipinski definition) is 0. The lowest BCUT2D eigenvalue weighted by atomic mass is 9.89. The topological polar surface area (TPSA) is 23.6 Å². The van der Waals surface area contributed by atoms with E-state index in [9.17, 15) is 9.18 Å². The lowest BCUT2D eigenvalue weighted by Crippen LogP contribution is -2.43. The Bertz CT molecular complexity index is 448. The number of halogens is 1. The van der Waals surface area contributed by atoms with Crippen LogP contribution in [0.3, 0.4) is 0 Å². The highest BCUT2D eigenvalue weighted by Gasteiger charge is 2.23. The van der Waals surface area contributed by atoms with Crippen molar-refractivity contribution in [2.75, 3.05) is 32.7 Å². The minimum absolute atomic E-state index is 0.180. The van der Waals surface area contributed by atoms with Gasteiger partial charge in [0, 0.05) is 13.1 Å². The molecule has 0 atom stereocenters. The Labute approximate surface area is 126 Å². The van der Waals surface area contributed by atoms with Crippen LogP contribution in [0, 0.1) is 5.82 Å². The van der Waals surface area contributed by atoms with Gasteiger partial charge in [-0.2, -0.15) is 0 Å². The summed E-state index contributed by atoms with van der Waals surface area (Å²) in [6.07, 6.45) is 2.08. The first-order valence-corrected chi connectivity index (χ1v) is 7.89. The smallest absolute Gasteiger partial charge is 0.236 e. The highest BCUT2D eigenvalue weighted by Crippen LogP contribution is 2.27. The zero-order valence-corrected chi connectivity index (χ0v) is 13.0. The summed E-state index contributed by atoms with van der Waals surface area (Å²) in [5.74, 6) is 0.534. The third kappa shape index (κ3) is 4.27. The van der Waals surface area contributed by atoms with E-state index in [1.54, 1.807) is 0 Å². The number of nitrogens with zero attached hydrogens (tertiary/aromatic N) is 2. The number of likely N-dealkylation sites (N-methyl/N-ethyl adjacent to an activating group) is 1. The van der Waals surface area contributed by atoms with Crippen LogP contribution in [0.15, 0.2) is 24.3 Å². The summed E-state index contributed by atoms with van der Waals surface area (Å²) in [5.41, 5.74) is 1.21. The van der Waals surface area contributed by atoms with Crippen LogP contribution < -0.4 is 0 Å². The number of benzene rings is 1. The Kier molecular flexibility index (Phi) is 5.74. The van der Waals surface area contributed by atoms with Crippen molar-refractivity contribution < 1.29 is 9.18 Å². The zero-order chi connectivity index (χ0) is 15.2. The number of amides is 1. The van der Waals surface area contributed by atoms with Gasteiger partial charge in [-0.1, -0.05) is 12.1 Å². The van der Waals surface area contributed by atoms with E-state index in [0.717, 1.165) is 39.0 Å². The van der Waals surface area contributed by atoms with Gasteiger partial charge in [-0.05, 0) is 63.4 Å². The summed E-state index contributed by atoms with van der Waals surface area (Å²) in [6, 6.07) is 6.84.